The predicted octanol–water partition coefficient (Wildman–Crippen LogP) is 3.40. The molecule has 0 aliphatic rings. The highest BCUT2D eigenvalue weighted by atomic mass is 32.1. The smallest absolute Gasteiger partial charge is 0.185 e. The van der Waals surface area contributed by atoms with Gasteiger partial charge in [0.15, 0.2) is 16.6 Å². The van der Waals surface area contributed by atoms with Crippen molar-refractivity contribution in [1.82, 2.24) is 29.7 Å². The zero-order chi connectivity index (χ0) is 16.1. The summed E-state index contributed by atoms with van der Waals surface area (Å²) in [6, 6.07) is 8.37. The van der Waals surface area contributed by atoms with E-state index in [2.05, 4.69) is 54.7 Å². The van der Waals surface area contributed by atoms with Crippen molar-refractivity contribution in [2.24, 2.45) is 0 Å². The fourth-order valence-corrected chi connectivity index (χ4v) is 3.72. The molecule has 5 rings (SSSR count). The van der Waals surface area contributed by atoms with Gasteiger partial charge in [-0.2, -0.15) is 5.10 Å². The minimum atomic E-state index is 0.778. The van der Waals surface area contributed by atoms with E-state index < -0.39 is 0 Å². The number of anilines is 1. The zero-order valence-electron chi connectivity index (χ0n) is 12.7. The first-order valence-electron chi connectivity index (χ1n) is 7.46. The van der Waals surface area contributed by atoms with Gasteiger partial charge in [0.1, 0.15) is 11.0 Å². The Bertz CT molecular complexity index is 1160. The Morgan fingerprint density at radius 2 is 2.21 bits per heavy atom. The van der Waals surface area contributed by atoms with Crippen LogP contribution in [0.1, 0.15) is 0 Å². The van der Waals surface area contributed by atoms with Crippen LogP contribution < -0.4 is 5.32 Å². The van der Waals surface area contributed by atoms with E-state index in [1.54, 1.807) is 17.7 Å². The second kappa shape index (κ2) is 4.93. The van der Waals surface area contributed by atoms with Crippen molar-refractivity contribution in [3.05, 3.63) is 43.0 Å². The van der Waals surface area contributed by atoms with E-state index in [9.17, 15) is 0 Å². The highest BCUT2D eigenvalue weighted by molar-refractivity contribution is 7.22. The molecule has 0 aliphatic heterocycles. The minimum absolute atomic E-state index is 0.778. The van der Waals surface area contributed by atoms with E-state index >= 15 is 0 Å². The molecule has 0 fully saturated rings. The first-order chi connectivity index (χ1) is 11.8. The van der Waals surface area contributed by atoms with E-state index in [-0.39, 0.29) is 0 Å². The summed E-state index contributed by atoms with van der Waals surface area (Å²) in [5, 5.41) is 12.5. The summed E-state index contributed by atoms with van der Waals surface area (Å²) in [7, 11) is 1.86. The molecule has 1 aromatic carbocycles. The molecule has 0 radical (unpaired) electrons. The molecule has 0 saturated carbocycles. The maximum atomic E-state index is 4.45. The number of H-pyrrole nitrogens is 2. The van der Waals surface area contributed by atoms with Gasteiger partial charge in [0.25, 0.3) is 0 Å². The predicted molar refractivity (Wildman–Crippen MR) is 95.7 cm³/mol. The number of nitrogens with zero attached hydrogens (tertiary/aromatic N) is 4. The first-order valence-corrected chi connectivity index (χ1v) is 8.28. The zero-order valence-corrected chi connectivity index (χ0v) is 13.6. The molecule has 7 nitrogen and oxygen atoms in total. The van der Waals surface area contributed by atoms with Crippen LogP contribution in [-0.4, -0.2) is 36.8 Å². The second-order valence-electron chi connectivity index (χ2n) is 5.42. The largest absolute Gasteiger partial charge is 0.365 e. The summed E-state index contributed by atoms with van der Waals surface area (Å²) in [6.45, 7) is 0. The third-order valence-corrected chi connectivity index (χ3v) is 5.10. The van der Waals surface area contributed by atoms with Crippen LogP contribution in [0.5, 0.6) is 0 Å². The normalized spacial score (nSPS) is 11.5. The van der Waals surface area contributed by atoms with Crippen LogP contribution in [-0.2, 0) is 0 Å². The van der Waals surface area contributed by atoms with Gasteiger partial charge in [0.2, 0.25) is 0 Å². The van der Waals surface area contributed by atoms with Crippen LogP contribution >= 0.6 is 11.3 Å². The SMILES string of the molecule is CNc1nc2[nH]nc(-n3cncc3-c3ccc4[nH]ccc4c3)c2s1. The van der Waals surface area contributed by atoms with Gasteiger partial charge in [-0.15, -0.1) is 0 Å². The summed E-state index contributed by atoms with van der Waals surface area (Å²) >= 11 is 1.57. The fourth-order valence-electron chi connectivity index (χ4n) is 2.86. The number of nitrogens with one attached hydrogen (secondary N) is 3. The monoisotopic (exact) mass is 335 g/mol. The lowest BCUT2D eigenvalue weighted by molar-refractivity contribution is 0.968. The molecule has 0 bridgehead atoms. The van der Waals surface area contributed by atoms with Crippen molar-refractivity contribution in [1.29, 1.82) is 0 Å². The Labute approximate surface area is 140 Å². The summed E-state index contributed by atoms with van der Waals surface area (Å²) < 4.78 is 2.99. The standard InChI is InChI=1S/C16H13N7S/c1-17-16-20-14-13(24-16)15(22-21-14)23-8-18-7-12(23)10-2-3-11-9(6-10)4-5-19-11/h2-8,19H,1H3,(H2,17,20,21,22). The van der Waals surface area contributed by atoms with Gasteiger partial charge in [-0.1, -0.05) is 17.4 Å². The van der Waals surface area contributed by atoms with Gasteiger partial charge >= 0.3 is 0 Å². The van der Waals surface area contributed by atoms with E-state index in [0.29, 0.717) is 0 Å². The minimum Gasteiger partial charge on any atom is -0.365 e. The van der Waals surface area contributed by atoms with Gasteiger partial charge < -0.3 is 10.3 Å². The third kappa shape index (κ3) is 1.86. The number of imidazole rings is 1. The van der Waals surface area contributed by atoms with E-state index in [4.69, 9.17) is 0 Å². The van der Waals surface area contributed by atoms with Crippen LogP contribution in [0.2, 0.25) is 0 Å². The maximum Gasteiger partial charge on any atom is 0.185 e. The van der Waals surface area contributed by atoms with E-state index in [1.165, 1.54) is 5.39 Å². The number of aromatic nitrogens is 6. The van der Waals surface area contributed by atoms with Crippen molar-refractivity contribution in [2.75, 3.05) is 12.4 Å². The number of rotatable bonds is 3. The van der Waals surface area contributed by atoms with E-state index in [0.717, 1.165) is 38.1 Å². The lowest BCUT2D eigenvalue weighted by atomic mass is 10.1. The van der Waals surface area contributed by atoms with Gasteiger partial charge in [0.05, 0.1) is 11.9 Å². The highest BCUT2D eigenvalue weighted by Crippen LogP contribution is 2.32. The molecule has 4 heterocycles. The molecule has 0 spiro atoms. The number of fused-ring (bicyclic) bond motifs is 2. The lowest BCUT2D eigenvalue weighted by Crippen LogP contribution is -1.96. The molecule has 24 heavy (non-hydrogen) atoms. The summed E-state index contributed by atoms with van der Waals surface area (Å²) in [5.74, 6) is 0.811. The highest BCUT2D eigenvalue weighted by Gasteiger charge is 2.16. The number of aromatic amines is 2. The molecule has 0 saturated heterocycles. The van der Waals surface area contributed by atoms with Crippen molar-refractivity contribution in [3.8, 4) is 17.1 Å². The van der Waals surface area contributed by atoms with Crippen molar-refractivity contribution in [2.45, 2.75) is 0 Å². The first kappa shape index (κ1) is 13.3. The number of hydrogen-bond acceptors (Lipinski definition) is 5. The lowest BCUT2D eigenvalue weighted by Gasteiger charge is -2.05. The molecule has 8 heteroatoms. The molecule has 5 aromatic rings. The average Bonchev–Trinajstić information content (AvgIpc) is 3.35. The van der Waals surface area contributed by atoms with Crippen LogP contribution in [0.4, 0.5) is 5.13 Å². The molecule has 118 valence electrons. The average molecular weight is 335 g/mol. The van der Waals surface area contributed by atoms with Gasteiger partial charge in [-0.25, -0.2) is 9.97 Å². The number of thiazole rings is 1. The summed E-state index contributed by atoms with van der Waals surface area (Å²) in [5.41, 5.74) is 3.98. The Hall–Kier alpha value is -3.13. The Morgan fingerprint density at radius 3 is 3.12 bits per heavy atom. The van der Waals surface area contributed by atoms with Crippen LogP contribution in [0.15, 0.2) is 43.0 Å². The van der Waals surface area contributed by atoms with Crippen molar-refractivity contribution >= 4 is 37.7 Å². The number of hydrogen-bond donors (Lipinski definition) is 3. The van der Waals surface area contributed by atoms with Gasteiger partial charge in [-0.05, 0) is 18.2 Å². The molecule has 4 aromatic heterocycles. The topological polar surface area (TPSA) is 87.2 Å². The van der Waals surface area contributed by atoms with Crippen molar-refractivity contribution < 1.29 is 0 Å². The number of benzene rings is 1. The molecule has 0 amide bonds. The molecule has 0 atom stereocenters. The van der Waals surface area contributed by atoms with Gasteiger partial charge in [-0.3, -0.25) is 9.67 Å². The molecule has 3 N–H and O–H groups in total. The third-order valence-electron chi connectivity index (χ3n) is 4.03. The van der Waals surface area contributed by atoms with Crippen LogP contribution in [0, 0.1) is 0 Å². The van der Waals surface area contributed by atoms with E-state index in [1.807, 2.05) is 24.0 Å². The maximum absolute atomic E-state index is 4.45. The Morgan fingerprint density at radius 1 is 1.25 bits per heavy atom. The molecule has 0 unspecified atom stereocenters. The van der Waals surface area contributed by atoms with Crippen LogP contribution in [0.25, 0.3) is 38.3 Å². The molecular weight excluding hydrogens is 322 g/mol. The molecule has 0 aliphatic carbocycles. The quantitative estimate of drug-likeness (QED) is 0.471. The van der Waals surface area contributed by atoms with Crippen LogP contribution in [0.3, 0.4) is 0 Å². The fraction of sp³-hybridized carbons (Fsp3) is 0.0625. The molecular formula is C16H13N7S. The summed E-state index contributed by atoms with van der Waals surface area (Å²) in [6.07, 6.45) is 5.58. The Kier molecular flexibility index (Phi) is 2.74. The van der Waals surface area contributed by atoms with Gasteiger partial charge in [0, 0.05) is 29.7 Å². The Balaban J connectivity index is 1.69. The summed E-state index contributed by atoms with van der Waals surface area (Å²) in [4.78, 5) is 12.0. The second-order valence-corrected chi connectivity index (χ2v) is 6.42. The van der Waals surface area contributed by atoms with Crippen molar-refractivity contribution in [3.63, 3.8) is 0 Å².